The first kappa shape index (κ1) is 17.7. The van der Waals surface area contributed by atoms with Crippen molar-refractivity contribution in [3.05, 3.63) is 30.1 Å². The van der Waals surface area contributed by atoms with E-state index in [1.165, 1.54) is 0 Å². The van der Waals surface area contributed by atoms with Crippen LogP contribution in [-0.4, -0.2) is 51.8 Å². The van der Waals surface area contributed by atoms with E-state index in [0.717, 1.165) is 37.8 Å². The van der Waals surface area contributed by atoms with Crippen LogP contribution in [0.3, 0.4) is 0 Å². The van der Waals surface area contributed by atoms with Gasteiger partial charge in [-0.2, -0.15) is 10.2 Å². The van der Waals surface area contributed by atoms with Crippen LogP contribution in [0.25, 0.3) is 0 Å². The predicted molar refractivity (Wildman–Crippen MR) is 97.7 cm³/mol. The number of hydrogen-bond acceptors (Lipinski definition) is 7. The number of nitrogens with zero attached hydrogens (tertiary/aromatic N) is 3. The molecule has 0 spiro atoms. The lowest BCUT2D eigenvalue weighted by atomic mass is 10.0. The van der Waals surface area contributed by atoms with Crippen molar-refractivity contribution >= 4 is 17.7 Å². The maximum Gasteiger partial charge on any atom is 0.407 e. The highest BCUT2D eigenvalue weighted by atomic mass is 16.6. The Morgan fingerprint density at radius 2 is 2.11 bits per heavy atom. The molecule has 1 amide bonds. The van der Waals surface area contributed by atoms with E-state index in [0.29, 0.717) is 30.8 Å². The summed E-state index contributed by atoms with van der Waals surface area (Å²) < 4.78 is 10.9. The molecular weight excluding hydrogens is 348 g/mol. The topological polar surface area (TPSA) is 114 Å². The normalized spacial score (nSPS) is 23.1. The highest BCUT2D eigenvalue weighted by molar-refractivity contribution is 5.67. The Balaban J connectivity index is 1.26. The van der Waals surface area contributed by atoms with Crippen LogP contribution in [0.15, 0.2) is 24.4 Å². The van der Waals surface area contributed by atoms with Gasteiger partial charge in [0, 0.05) is 43.1 Å². The van der Waals surface area contributed by atoms with Gasteiger partial charge in [0.15, 0.2) is 11.6 Å². The maximum atomic E-state index is 12.1. The summed E-state index contributed by atoms with van der Waals surface area (Å²) in [5.41, 5.74) is 1.04. The number of aromatic nitrogens is 4. The summed E-state index contributed by atoms with van der Waals surface area (Å²) in [6.45, 7) is 1.39. The van der Waals surface area contributed by atoms with Gasteiger partial charge in [-0.15, -0.1) is 5.10 Å². The van der Waals surface area contributed by atoms with E-state index in [4.69, 9.17) is 9.47 Å². The van der Waals surface area contributed by atoms with E-state index in [2.05, 4.69) is 31.0 Å². The molecular formula is C18H24N6O3. The SMILES string of the molecule is O=C(NC1CCOCC1)O[C@@H]1CC[C@H](c2cc(Nc3cccnn3)n[nH]2)C1. The van der Waals surface area contributed by atoms with Crippen molar-refractivity contribution in [2.24, 2.45) is 0 Å². The minimum Gasteiger partial charge on any atom is -0.446 e. The van der Waals surface area contributed by atoms with Crippen molar-refractivity contribution in [2.75, 3.05) is 18.5 Å². The van der Waals surface area contributed by atoms with Gasteiger partial charge in [-0.05, 0) is 44.2 Å². The van der Waals surface area contributed by atoms with Gasteiger partial charge in [-0.3, -0.25) is 5.10 Å². The zero-order valence-electron chi connectivity index (χ0n) is 15.1. The Hall–Kier alpha value is -2.68. The summed E-state index contributed by atoms with van der Waals surface area (Å²) in [4.78, 5) is 12.1. The number of aromatic amines is 1. The molecule has 0 radical (unpaired) electrons. The fraction of sp³-hybridized carbons (Fsp3) is 0.556. The number of H-pyrrole nitrogens is 1. The van der Waals surface area contributed by atoms with Crippen LogP contribution < -0.4 is 10.6 Å². The first-order valence-electron chi connectivity index (χ1n) is 9.41. The van der Waals surface area contributed by atoms with E-state index in [1.807, 2.05) is 18.2 Å². The summed E-state index contributed by atoms with van der Waals surface area (Å²) in [7, 11) is 0. The molecule has 1 saturated carbocycles. The second kappa shape index (κ2) is 8.34. The zero-order valence-corrected chi connectivity index (χ0v) is 15.1. The summed E-state index contributed by atoms with van der Waals surface area (Å²) in [6, 6.07) is 5.78. The molecule has 0 aromatic carbocycles. The zero-order chi connectivity index (χ0) is 18.5. The van der Waals surface area contributed by atoms with Crippen molar-refractivity contribution in [3.63, 3.8) is 0 Å². The molecule has 3 heterocycles. The minimum absolute atomic E-state index is 0.0606. The van der Waals surface area contributed by atoms with Gasteiger partial charge in [0.2, 0.25) is 0 Å². The number of carbonyl (C=O) groups is 1. The first-order chi connectivity index (χ1) is 13.3. The Labute approximate surface area is 157 Å². The molecule has 0 bridgehead atoms. The van der Waals surface area contributed by atoms with E-state index >= 15 is 0 Å². The third kappa shape index (κ3) is 4.73. The summed E-state index contributed by atoms with van der Waals surface area (Å²) >= 11 is 0. The van der Waals surface area contributed by atoms with Gasteiger partial charge in [0.1, 0.15) is 6.10 Å². The average Bonchev–Trinajstić information content (AvgIpc) is 3.33. The lowest BCUT2D eigenvalue weighted by Crippen LogP contribution is -2.40. The number of hydrogen-bond donors (Lipinski definition) is 3. The number of carbonyl (C=O) groups excluding carboxylic acids is 1. The third-order valence-corrected chi connectivity index (χ3v) is 5.07. The Bertz CT molecular complexity index is 747. The van der Waals surface area contributed by atoms with Gasteiger partial charge < -0.3 is 20.1 Å². The molecule has 1 aliphatic heterocycles. The molecule has 2 aliphatic rings. The summed E-state index contributed by atoms with van der Waals surface area (Å²) in [6.07, 6.45) is 5.55. The van der Waals surface area contributed by atoms with Gasteiger partial charge in [-0.25, -0.2) is 4.79 Å². The largest absolute Gasteiger partial charge is 0.446 e. The van der Waals surface area contributed by atoms with Crippen LogP contribution in [-0.2, 0) is 9.47 Å². The molecule has 2 atom stereocenters. The first-order valence-corrected chi connectivity index (χ1v) is 9.41. The van der Waals surface area contributed by atoms with E-state index in [9.17, 15) is 4.79 Å². The molecule has 9 heteroatoms. The summed E-state index contributed by atoms with van der Waals surface area (Å²) in [5, 5.41) is 21.2. The molecule has 27 heavy (non-hydrogen) atoms. The second-order valence-electron chi connectivity index (χ2n) is 7.01. The van der Waals surface area contributed by atoms with Crippen LogP contribution >= 0.6 is 0 Å². The molecule has 1 saturated heterocycles. The van der Waals surface area contributed by atoms with Gasteiger partial charge in [0.25, 0.3) is 0 Å². The molecule has 2 aromatic rings. The highest BCUT2D eigenvalue weighted by Crippen LogP contribution is 2.36. The minimum atomic E-state index is -0.317. The molecule has 2 fully saturated rings. The molecule has 0 unspecified atom stereocenters. The van der Waals surface area contributed by atoms with Crippen LogP contribution in [0.1, 0.15) is 43.7 Å². The number of amides is 1. The lowest BCUT2D eigenvalue weighted by Gasteiger charge is -2.23. The van der Waals surface area contributed by atoms with Gasteiger partial charge in [-0.1, -0.05) is 0 Å². The monoisotopic (exact) mass is 372 g/mol. The van der Waals surface area contributed by atoms with Gasteiger partial charge >= 0.3 is 6.09 Å². The van der Waals surface area contributed by atoms with Crippen LogP contribution in [0.2, 0.25) is 0 Å². The molecule has 9 nitrogen and oxygen atoms in total. The molecule has 144 valence electrons. The van der Waals surface area contributed by atoms with Crippen LogP contribution in [0.5, 0.6) is 0 Å². The molecule has 1 aliphatic carbocycles. The quantitative estimate of drug-likeness (QED) is 0.739. The van der Waals surface area contributed by atoms with E-state index in [-0.39, 0.29) is 18.2 Å². The van der Waals surface area contributed by atoms with Gasteiger partial charge in [0.05, 0.1) is 0 Å². The Morgan fingerprint density at radius 3 is 2.93 bits per heavy atom. The van der Waals surface area contributed by atoms with E-state index < -0.39 is 0 Å². The number of rotatable bonds is 5. The predicted octanol–water partition coefficient (Wildman–Crippen LogP) is 2.48. The summed E-state index contributed by atoms with van der Waals surface area (Å²) in [5.74, 6) is 1.65. The van der Waals surface area contributed by atoms with Crippen molar-refractivity contribution in [1.82, 2.24) is 25.7 Å². The third-order valence-electron chi connectivity index (χ3n) is 5.07. The standard InChI is InChI=1S/C18H24N6O3/c25-18(20-13-5-8-26-9-6-13)27-14-4-3-12(10-14)15-11-17(24-22-15)21-16-2-1-7-19-23-16/h1-2,7,11-14H,3-6,8-10H2,(H,20,25)(H2,21,22,23,24)/t12-,14+/m0/s1. The Morgan fingerprint density at radius 1 is 1.22 bits per heavy atom. The number of anilines is 2. The van der Waals surface area contributed by atoms with E-state index in [1.54, 1.807) is 6.20 Å². The molecule has 4 rings (SSSR count). The number of nitrogens with one attached hydrogen (secondary N) is 3. The van der Waals surface area contributed by atoms with Crippen molar-refractivity contribution in [3.8, 4) is 0 Å². The maximum absolute atomic E-state index is 12.1. The van der Waals surface area contributed by atoms with Crippen LogP contribution in [0, 0.1) is 0 Å². The number of ether oxygens (including phenoxy) is 2. The average molecular weight is 372 g/mol. The fourth-order valence-electron chi connectivity index (χ4n) is 3.63. The smallest absolute Gasteiger partial charge is 0.407 e. The van der Waals surface area contributed by atoms with Crippen molar-refractivity contribution in [2.45, 2.75) is 50.2 Å². The van der Waals surface area contributed by atoms with Crippen molar-refractivity contribution in [1.29, 1.82) is 0 Å². The fourth-order valence-corrected chi connectivity index (χ4v) is 3.63. The molecule has 3 N–H and O–H groups in total. The Kier molecular flexibility index (Phi) is 5.47. The second-order valence-corrected chi connectivity index (χ2v) is 7.01. The number of alkyl carbamates (subject to hydrolysis) is 1. The van der Waals surface area contributed by atoms with Crippen molar-refractivity contribution < 1.29 is 14.3 Å². The molecule has 2 aromatic heterocycles. The van der Waals surface area contributed by atoms with Crippen LogP contribution in [0.4, 0.5) is 16.4 Å². The highest BCUT2D eigenvalue weighted by Gasteiger charge is 2.30. The lowest BCUT2D eigenvalue weighted by molar-refractivity contribution is 0.0648.